The van der Waals surface area contributed by atoms with E-state index in [1.54, 1.807) is 17.8 Å². The van der Waals surface area contributed by atoms with E-state index < -0.39 is 9.84 Å². The van der Waals surface area contributed by atoms with Gasteiger partial charge in [-0.2, -0.15) is 11.8 Å². The predicted octanol–water partition coefficient (Wildman–Crippen LogP) is 1.46. The van der Waals surface area contributed by atoms with Crippen LogP contribution >= 0.6 is 11.8 Å². The summed E-state index contributed by atoms with van der Waals surface area (Å²) in [5, 5.41) is -0.358. The summed E-state index contributed by atoms with van der Waals surface area (Å²) in [5.74, 6) is 2.40. The fourth-order valence-corrected chi connectivity index (χ4v) is 5.30. The zero-order valence-corrected chi connectivity index (χ0v) is 13.8. The second-order valence-electron chi connectivity index (χ2n) is 5.17. The van der Waals surface area contributed by atoms with Crippen molar-refractivity contribution in [2.24, 2.45) is 0 Å². The zero-order valence-electron chi connectivity index (χ0n) is 12.2. The average molecular weight is 330 g/mol. The third kappa shape index (κ3) is 5.09. The summed E-state index contributed by atoms with van der Waals surface area (Å²) in [5.41, 5.74) is 6.37. The minimum Gasteiger partial charge on any atom is -0.493 e. The summed E-state index contributed by atoms with van der Waals surface area (Å²) < 4.78 is 29.2. The molecule has 1 unspecified atom stereocenters. The van der Waals surface area contributed by atoms with Gasteiger partial charge in [-0.1, -0.05) is 6.07 Å². The lowest BCUT2D eigenvalue weighted by molar-refractivity contribution is 0.231. The maximum Gasteiger partial charge on any atom is 0.164 e. The SMILES string of the molecule is CS(=O)(=O)C1CSCCN1CCCOc1cccc(N)c1. The molecule has 5 nitrogen and oxygen atoms in total. The first-order chi connectivity index (χ1) is 9.97. The Bertz CT molecular complexity index is 563. The first-order valence-electron chi connectivity index (χ1n) is 6.96. The fourth-order valence-electron chi connectivity index (χ4n) is 2.33. The first kappa shape index (κ1) is 16.5. The Balaban J connectivity index is 1.79. The molecule has 2 N–H and O–H groups in total. The number of hydrogen-bond acceptors (Lipinski definition) is 6. The third-order valence-electron chi connectivity index (χ3n) is 3.40. The van der Waals surface area contributed by atoms with E-state index in [0.29, 0.717) is 18.0 Å². The number of thioether (sulfide) groups is 1. The van der Waals surface area contributed by atoms with Crippen LogP contribution in [0.5, 0.6) is 5.75 Å². The molecular formula is C14H22N2O3S2. The van der Waals surface area contributed by atoms with Crippen molar-refractivity contribution in [3.63, 3.8) is 0 Å². The van der Waals surface area contributed by atoms with Gasteiger partial charge in [0, 0.05) is 42.6 Å². The predicted molar refractivity (Wildman–Crippen MR) is 88.5 cm³/mol. The van der Waals surface area contributed by atoms with Gasteiger partial charge >= 0.3 is 0 Å². The van der Waals surface area contributed by atoms with E-state index in [0.717, 1.165) is 31.0 Å². The summed E-state index contributed by atoms with van der Waals surface area (Å²) in [6.45, 7) is 2.12. The first-order valence-corrected chi connectivity index (χ1v) is 10.1. The summed E-state index contributed by atoms with van der Waals surface area (Å²) >= 11 is 1.71. The molecule has 1 aliphatic rings. The van der Waals surface area contributed by atoms with Crippen LogP contribution in [0.4, 0.5) is 5.69 Å². The molecule has 0 amide bonds. The average Bonchev–Trinajstić information content (AvgIpc) is 2.43. The van der Waals surface area contributed by atoms with Crippen LogP contribution in [0.1, 0.15) is 6.42 Å². The molecule has 1 fully saturated rings. The van der Waals surface area contributed by atoms with Gasteiger partial charge in [0.1, 0.15) is 11.1 Å². The highest BCUT2D eigenvalue weighted by Gasteiger charge is 2.30. The Hall–Kier alpha value is -0.920. The van der Waals surface area contributed by atoms with Crippen LogP contribution in [0.15, 0.2) is 24.3 Å². The van der Waals surface area contributed by atoms with Gasteiger partial charge < -0.3 is 10.5 Å². The minimum atomic E-state index is -3.02. The lowest BCUT2D eigenvalue weighted by Crippen LogP contribution is -2.47. The van der Waals surface area contributed by atoms with Crippen molar-refractivity contribution in [1.82, 2.24) is 4.90 Å². The molecule has 7 heteroatoms. The Kier molecular flexibility index (Phi) is 5.78. The van der Waals surface area contributed by atoms with Gasteiger partial charge in [-0.15, -0.1) is 0 Å². The second kappa shape index (κ2) is 7.38. The van der Waals surface area contributed by atoms with E-state index >= 15 is 0 Å². The number of benzene rings is 1. The van der Waals surface area contributed by atoms with E-state index in [1.807, 2.05) is 18.2 Å². The van der Waals surface area contributed by atoms with E-state index in [2.05, 4.69) is 4.90 Å². The molecule has 1 saturated heterocycles. The molecule has 118 valence electrons. The van der Waals surface area contributed by atoms with Gasteiger partial charge in [-0.25, -0.2) is 8.42 Å². The van der Waals surface area contributed by atoms with Crippen molar-refractivity contribution in [2.75, 3.05) is 43.2 Å². The molecule has 21 heavy (non-hydrogen) atoms. The van der Waals surface area contributed by atoms with Crippen LogP contribution in [0.25, 0.3) is 0 Å². The topological polar surface area (TPSA) is 72.6 Å². The maximum atomic E-state index is 11.8. The number of ether oxygens (including phenoxy) is 1. The van der Waals surface area contributed by atoms with Gasteiger partial charge in [0.25, 0.3) is 0 Å². The second-order valence-corrected chi connectivity index (χ2v) is 8.52. The highest BCUT2D eigenvalue weighted by atomic mass is 32.2. The Morgan fingerprint density at radius 2 is 2.29 bits per heavy atom. The number of anilines is 1. The highest BCUT2D eigenvalue weighted by molar-refractivity contribution is 8.00. The summed E-state index contributed by atoms with van der Waals surface area (Å²) in [7, 11) is -3.02. The number of nitrogens with two attached hydrogens (primary N) is 1. The van der Waals surface area contributed by atoms with Crippen molar-refractivity contribution < 1.29 is 13.2 Å². The highest BCUT2D eigenvalue weighted by Crippen LogP contribution is 2.20. The number of sulfone groups is 1. The van der Waals surface area contributed by atoms with E-state index in [1.165, 1.54) is 6.26 Å². The molecule has 2 rings (SSSR count). The lowest BCUT2D eigenvalue weighted by Gasteiger charge is -2.33. The maximum absolute atomic E-state index is 11.8. The molecule has 0 aromatic heterocycles. The Labute approximate surface area is 130 Å². The van der Waals surface area contributed by atoms with E-state index in [4.69, 9.17) is 10.5 Å². The summed E-state index contributed by atoms with van der Waals surface area (Å²) in [6.07, 6.45) is 2.12. The Morgan fingerprint density at radius 1 is 1.48 bits per heavy atom. The van der Waals surface area contributed by atoms with Crippen LogP contribution in [-0.4, -0.2) is 56.1 Å². The molecule has 0 radical (unpaired) electrons. The molecule has 0 saturated carbocycles. The van der Waals surface area contributed by atoms with E-state index in [9.17, 15) is 8.42 Å². The van der Waals surface area contributed by atoms with Crippen molar-refractivity contribution >= 4 is 27.3 Å². The molecular weight excluding hydrogens is 308 g/mol. The largest absolute Gasteiger partial charge is 0.493 e. The van der Waals surface area contributed by atoms with Crippen LogP contribution in [0, 0.1) is 0 Å². The summed E-state index contributed by atoms with van der Waals surface area (Å²) in [6, 6.07) is 7.32. The summed E-state index contributed by atoms with van der Waals surface area (Å²) in [4.78, 5) is 2.05. The van der Waals surface area contributed by atoms with E-state index in [-0.39, 0.29) is 5.37 Å². The molecule has 0 bridgehead atoms. The lowest BCUT2D eigenvalue weighted by atomic mass is 10.3. The third-order valence-corrected chi connectivity index (χ3v) is 6.09. The van der Waals surface area contributed by atoms with Crippen LogP contribution in [0.2, 0.25) is 0 Å². The number of hydrogen-bond donors (Lipinski definition) is 1. The fraction of sp³-hybridized carbons (Fsp3) is 0.571. The van der Waals surface area contributed by atoms with Gasteiger partial charge in [-0.05, 0) is 18.6 Å². The molecule has 1 aromatic rings. The molecule has 0 spiro atoms. The normalized spacial score (nSPS) is 20.3. The van der Waals surface area contributed by atoms with Gasteiger partial charge in [0.05, 0.1) is 6.61 Å². The van der Waals surface area contributed by atoms with Gasteiger partial charge in [-0.3, -0.25) is 4.90 Å². The molecule has 0 aliphatic carbocycles. The molecule has 1 atom stereocenters. The van der Waals surface area contributed by atoms with Gasteiger partial charge in [0.15, 0.2) is 9.84 Å². The van der Waals surface area contributed by atoms with Crippen molar-refractivity contribution in [3.05, 3.63) is 24.3 Å². The minimum absolute atomic E-state index is 0.358. The number of rotatable bonds is 6. The quantitative estimate of drug-likeness (QED) is 0.629. The Morgan fingerprint density at radius 3 is 3.00 bits per heavy atom. The van der Waals surface area contributed by atoms with Crippen LogP contribution < -0.4 is 10.5 Å². The molecule has 1 aliphatic heterocycles. The molecule has 1 heterocycles. The number of nitrogens with zero attached hydrogens (tertiary/aromatic N) is 1. The van der Waals surface area contributed by atoms with Crippen molar-refractivity contribution in [2.45, 2.75) is 11.8 Å². The van der Waals surface area contributed by atoms with Crippen molar-refractivity contribution in [1.29, 1.82) is 0 Å². The smallest absolute Gasteiger partial charge is 0.164 e. The molecule has 1 aromatic carbocycles. The standard InChI is InChI=1S/C14H22N2O3S2/c1-21(17,18)14-11-20-9-7-16(14)6-3-8-19-13-5-2-4-12(15)10-13/h2,4-5,10,14H,3,6-9,11,15H2,1H3. The zero-order chi connectivity index (χ0) is 15.3. The monoisotopic (exact) mass is 330 g/mol. The number of nitrogen functional groups attached to an aromatic ring is 1. The van der Waals surface area contributed by atoms with Gasteiger partial charge in [0.2, 0.25) is 0 Å². The van der Waals surface area contributed by atoms with Crippen LogP contribution in [-0.2, 0) is 9.84 Å². The van der Waals surface area contributed by atoms with Crippen LogP contribution in [0.3, 0.4) is 0 Å². The van der Waals surface area contributed by atoms with Crippen molar-refractivity contribution in [3.8, 4) is 5.75 Å².